The summed E-state index contributed by atoms with van der Waals surface area (Å²) in [6, 6.07) is 18.3. The number of carbonyl (C=O) groups excluding carboxylic acids is 1. The van der Waals surface area contributed by atoms with Crippen LogP contribution in [0, 0.1) is 0 Å². The summed E-state index contributed by atoms with van der Waals surface area (Å²) in [7, 11) is 0. The van der Waals surface area contributed by atoms with Gasteiger partial charge >= 0.3 is 0 Å². The van der Waals surface area contributed by atoms with Crippen molar-refractivity contribution in [3.8, 4) is 11.4 Å². The molecule has 1 atom stereocenters. The first-order valence-electron chi connectivity index (χ1n) is 6.95. The summed E-state index contributed by atoms with van der Waals surface area (Å²) >= 11 is 0. The predicted octanol–water partition coefficient (Wildman–Crippen LogP) is 2.54. The summed E-state index contributed by atoms with van der Waals surface area (Å²) < 4.78 is 0. The lowest BCUT2D eigenvalue weighted by Gasteiger charge is -2.10. The third-order valence-electron chi connectivity index (χ3n) is 3.23. The van der Waals surface area contributed by atoms with Crippen LogP contribution in [0.4, 0.5) is 5.69 Å². The molecular weight excluding hydrogens is 278 g/mol. The number of carbonyl (C=O) groups is 1. The van der Waals surface area contributed by atoms with Gasteiger partial charge in [-0.25, -0.2) is 0 Å². The number of hydrogen-bond donors (Lipinski definition) is 1. The van der Waals surface area contributed by atoms with Crippen LogP contribution in [0.3, 0.4) is 0 Å². The van der Waals surface area contributed by atoms with Crippen molar-refractivity contribution in [2.75, 3.05) is 5.32 Å². The summed E-state index contributed by atoms with van der Waals surface area (Å²) in [4.78, 5) is 13.5. The fraction of sp³-hybridized carbons (Fsp3) is 0.125. The highest BCUT2D eigenvalue weighted by atomic mass is 16.2. The molecule has 0 saturated carbocycles. The minimum atomic E-state index is -0.551. The molecule has 1 amide bonds. The first-order valence-corrected chi connectivity index (χ1v) is 6.95. The first-order chi connectivity index (χ1) is 10.7. The van der Waals surface area contributed by atoms with E-state index in [0.29, 0.717) is 5.82 Å². The molecule has 0 aliphatic rings. The number of nitrogens with one attached hydrogen (secondary N) is 1. The van der Waals surface area contributed by atoms with Gasteiger partial charge in [0.2, 0.25) is 5.82 Å². The summed E-state index contributed by atoms with van der Waals surface area (Å²) in [5.74, 6) is 0.308. The van der Waals surface area contributed by atoms with Crippen molar-refractivity contribution >= 4 is 11.6 Å². The standard InChI is InChI=1S/C16H15N5O/c1-12(16(22)17-14-10-6-3-7-11-14)21-19-15(18-20-21)13-8-4-2-5-9-13/h2-12H,1H3,(H,17,22). The van der Waals surface area contributed by atoms with Crippen LogP contribution in [0.25, 0.3) is 11.4 Å². The highest BCUT2D eigenvalue weighted by Crippen LogP contribution is 2.14. The number of aromatic nitrogens is 4. The molecule has 0 radical (unpaired) electrons. The van der Waals surface area contributed by atoms with Crippen molar-refractivity contribution in [3.63, 3.8) is 0 Å². The molecule has 2 aromatic carbocycles. The highest BCUT2D eigenvalue weighted by molar-refractivity contribution is 5.93. The maximum atomic E-state index is 12.2. The molecule has 1 aromatic heterocycles. The Morgan fingerprint density at radius 2 is 1.68 bits per heavy atom. The molecule has 3 rings (SSSR count). The van der Waals surface area contributed by atoms with Crippen LogP contribution in [0.15, 0.2) is 60.7 Å². The summed E-state index contributed by atoms with van der Waals surface area (Å²) in [6.07, 6.45) is 0. The van der Waals surface area contributed by atoms with Crippen LogP contribution < -0.4 is 5.32 Å². The Kier molecular flexibility index (Phi) is 3.91. The third kappa shape index (κ3) is 3.01. The van der Waals surface area contributed by atoms with E-state index in [-0.39, 0.29) is 5.91 Å². The Balaban J connectivity index is 1.74. The molecule has 0 spiro atoms. The van der Waals surface area contributed by atoms with Gasteiger partial charge in [0.05, 0.1) is 0 Å². The molecule has 110 valence electrons. The lowest BCUT2D eigenvalue weighted by Crippen LogP contribution is -2.25. The number of anilines is 1. The van der Waals surface area contributed by atoms with E-state index in [9.17, 15) is 4.79 Å². The van der Waals surface area contributed by atoms with Crippen molar-refractivity contribution in [3.05, 3.63) is 60.7 Å². The number of rotatable bonds is 4. The Hall–Kier alpha value is -3.02. The molecule has 1 N–H and O–H groups in total. The average molecular weight is 293 g/mol. The first kappa shape index (κ1) is 13.9. The van der Waals surface area contributed by atoms with Gasteiger partial charge in [-0.3, -0.25) is 4.79 Å². The normalized spacial score (nSPS) is 11.9. The van der Waals surface area contributed by atoms with Gasteiger partial charge in [-0.15, -0.1) is 10.2 Å². The maximum Gasteiger partial charge on any atom is 0.250 e. The van der Waals surface area contributed by atoms with Crippen molar-refractivity contribution in [2.24, 2.45) is 0 Å². The highest BCUT2D eigenvalue weighted by Gasteiger charge is 2.18. The molecule has 0 fully saturated rings. The molecule has 0 aliphatic carbocycles. The van der Waals surface area contributed by atoms with E-state index in [4.69, 9.17) is 0 Å². The second-order valence-corrected chi connectivity index (χ2v) is 4.83. The predicted molar refractivity (Wildman–Crippen MR) is 83.0 cm³/mol. The number of amides is 1. The van der Waals surface area contributed by atoms with Crippen LogP contribution in [-0.4, -0.2) is 26.1 Å². The van der Waals surface area contributed by atoms with E-state index >= 15 is 0 Å². The minimum absolute atomic E-state index is 0.191. The summed E-state index contributed by atoms with van der Waals surface area (Å²) in [5, 5.41) is 15.1. The Morgan fingerprint density at radius 3 is 2.36 bits per heavy atom. The second kappa shape index (κ2) is 6.17. The minimum Gasteiger partial charge on any atom is -0.324 e. The number of nitrogens with zero attached hydrogens (tertiary/aromatic N) is 4. The Labute approximate surface area is 127 Å². The van der Waals surface area contributed by atoms with Crippen LogP contribution in [0.5, 0.6) is 0 Å². The van der Waals surface area contributed by atoms with Crippen LogP contribution in [0.1, 0.15) is 13.0 Å². The maximum absolute atomic E-state index is 12.2. The van der Waals surface area contributed by atoms with Gasteiger partial charge in [0.15, 0.2) is 0 Å². The van der Waals surface area contributed by atoms with Crippen LogP contribution >= 0.6 is 0 Å². The van der Waals surface area contributed by atoms with Gasteiger partial charge in [0, 0.05) is 11.3 Å². The Morgan fingerprint density at radius 1 is 1.05 bits per heavy atom. The van der Waals surface area contributed by atoms with E-state index < -0.39 is 6.04 Å². The summed E-state index contributed by atoms with van der Waals surface area (Å²) in [5.41, 5.74) is 1.60. The van der Waals surface area contributed by atoms with Gasteiger partial charge in [0.25, 0.3) is 5.91 Å². The molecule has 6 nitrogen and oxygen atoms in total. The fourth-order valence-corrected chi connectivity index (χ4v) is 1.97. The quantitative estimate of drug-likeness (QED) is 0.802. The molecule has 22 heavy (non-hydrogen) atoms. The molecule has 1 heterocycles. The van der Waals surface area contributed by atoms with E-state index in [1.54, 1.807) is 6.92 Å². The van der Waals surface area contributed by atoms with Gasteiger partial charge in [-0.1, -0.05) is 48.5 Å². The third-order valence-corrected chi connectivity index (χ3v) is 3.23. The average Bonchev–Trinajstić information content (AvgIpc) is 3.06. The van der Waals surface area contributed by atoms with Crippen LogP contribution in [-0.2, 0) is 4.79 Å². The second-order valence-electron chi connectivity index (χ2n) is 4.83. The van der Waals surface area contributed by atoms with Crippen molar-refractivity contribution in [2.45, 2.75) is 13.0 Å². The molecule has 3 aromatic rings. The molecule has 6 heteroatoms. The van der Waals surface area contributed by atoms with Crippen LogP contribution in [0.2, 0.25) is 0 Å². The number of benzene rings is 2. The van der Waals surface area contributed by atoms with Crippen molar-refractivity contribution in [1.29, 1.82) is 0 Å². The monoisotopic (exact) mass is 293 g/mol. The molecule has 1 unspecified atom stereocenters. The van der Waals surface area contributed by atoms with Crippen molar-refractivity contribution in [1.82, 2.24) is 20.2 Å². The molecular formula is C16H15N5O. The van der Waals surface area contributed by atoms with E-state index in [0.717, 1.165) is 11.3 Å². The lowest BCUT2D eigenvalue weighted by atomic mass is 10.2. The zero-order valence-corrected chi connectivity index (χ0v) is 12.0. The topological polar surface area (TPSA) is 72.7 Å². The zero-order valence-electron chi connectivity index (χ0n) is 12.0. The Bertz CT molecular complexity index is 754. The molecule has 0 saturated heterocycles. The van der Waals surface area contributed by atoms with E-state index in [2.05, 4.69) is 20.7 Å². The smallest absolute Gasteiger partial charge is 0.250 e. The number of hydrogen-bond acceptors (Lipinski definition) is 4. The van der Waals surface area contributed by atoms with Gasteiger partial charge in [-0.05, 0) is 24.3 Å². The number of tetrazole rings is 1. The zero-order chi connectivity index (χ0) is 15.4. The lowest BCUT2D eigenvalue weighted by molar-refractivity contribution is -0.119. The SMILES string of the molecule is CC(C(=O)Nc1ccccc1)n1nnc(-c2ccccc2)n1. The molecule has 0 aliphatic heterocycles. The van der Waals surface area contributed by atoms with Crippen molar-refractivity contribution < 1.29 is 4.79 Å². The van der Waals surface area contributed by atoms with E-state index in [1.807, 2.05) is 60.7 Å². The van der Waals surface area contributed by atoms with Gasteiger partial charge < -0.3 is 5.32 Å². The largest absolute Gasteiger partial charge is 0.324 e. The number of para-hydroxylation sites is 1. The molecule has 0 bridgehead atoms. The van der Waals surface area contributed by atoms with Gasteiger partial charge in [-0.2, -0.15) is 4.80 Å². The fourth-order valence-electron chi connectivity index (χ4n) is 1.97. The van der Waals surface area contributed by atoms with Gasteiger partial charge in [0.1, 0.15) is 6.04 Å². The summed E-state index contributed by atoms with van der Waals surface area (Å²) in [6.45, 7) is 1.73. The van der Waals surface area contributed by atoms with E-state index in [1.165, 1.54) is 4.80 Å².